The number of carbonyl (C=O) groups is 1. The second kappa shape index (κ2) is 5.09. The average Bonchev–Trinajstić information content (AvgIpc) is 2.16. The van der Waals surface area contributed by atoms with Crippen molar-refractivity contribution in [2.45, 2.75) is 18.2 Å². The predicted molar refractivity (Wildman–Crippen MR) is 58.6 cm³/mol. The van der Waals surface area contributed by atoms with Crippen LogP contribution in [0.3, 0.4) is 0 Å². The topological polar surface area (TPSA) is 83.5 Å². The predicted octanol–water partition coefficient (Wildman–Crippen LogP) is 0.748. The fraction of sp³-hybridized carbons (Fsp3) is 0.300. The molecule has 0 saturated carbocycles. The van der Waals surface area contributed by atoms with Gasteiger partial charge >= 0.3 is 5.97 Å². The van der Waals surface area contributed by atoms with Gasteiger partial charge in [0.1, 0.15) is 0 Å². The molecule has 6 heteroatoms. The normalized spacial score (nSPS) is 11.3. The molecule has 0 radical (unpaired) electrons. The Morgan fingerprint density at radius 3 is 2.69 bits per heavy atom. The van der Waals surface area contributed by atoms with Crippen LogP contribution in [0.2, 0.25) is 0 Å². The summed E-state index contributed by atoms with van der Waals surface area (Å²) in [6.07, 6.45) is -0.231. The highest BCUT2D eigenvalue weighted by Crippen LogP contribution is 2.10. The molecule has 0 heterocycles. The van der Waals surface area contributed by atoms with Gasteiger partial charge in [0.2, 0.25) is 10.0 Å². The summed E-state index contributed by atoms with van der Waals surface area (Å²) < 4.78 is 25.5. The van der Waals surface area contributed by atoms with Gasteiger partial charge < -0.3 is 5.11 Å². The average molecular weight is 243 g/mol. The number of aliphatic carboxylic acids is 1. The van der Waals surface area contributed by atoms with Gasteiger partial charge in [-0.3, -0.25) is 4.79 Å². The van der Waals surface area contributed by atoms with Gasteiger partial charge in [-0.1, -0.05) is 12.1 Å². The number of nitrogens with one attached hydrogen (secondary N) is 1. The summed E-state index contributed by atoms with van der Waals surface area (Å²) in [5, 5.41) is 8.39. The zero-order valence-corrected chi connectivity index (χ0v) is 9.62. The van der Waals surface area contributed by atoms with E-state index in [-0.39, 0.29) is 17.9 Å². The molecule has 0 aromatic heterocycles. The Kier molecular flexibility index (Phi) is 4.03. The standard InChI is InChI=1S/C10H13NO4S/c1-8-3-2-4-9(7-8)16(14,15)11-6-5-10(12)13/h2-4,7,11H,5-6H2,1H3,(H,12,13). The van der Waals surface area contributed by atoms with E-state index < -0.39 is 16.0 Å². The molecule has 0 spiro atoms. The largest absolute Gasteiger partial charge is 0.481 e. The fourth-order valence-corrected chi connectivity index (χ4v) is 2.29. The third-order valence-corrected chi connectivity index (χ3v) is 3.39. The minimum atomic E-state index is -3.59. The molecule has 88 valence electrons. The smallest absolute Gasteiger partial charge is 0.304 e. The van der Waals surface area contributed by atoms with Crippen LogP contribution in [0.5, 0.6) is 0 Å². The van der Waals surface area contributed by atoms with Crippen LogP contribution in [0.15, 0.2) is 29.2 Å². The first kappa shape index (κ1) is 12.7. The fourth-order valence-electron chi connectivity index (χ4n) is 1.16. The molecule has 0 fully saturated rings. The van der Waals surface area contributed by atoms with E-state index in [0.717, 1.165) is 5.56 Å². The van der Waals surface area contributed by atoms with Crippen LogP contribution in [0, 0.1) is 6.92 Å². The monoisotopic (exact) mass is 243 g/mol. The summed E-state index contributed by atoms with van der Waals surface area (Å²) in [5.74, 6) is -1.04. The van der Waals surface area contributed by atoms with E-state index in [4.69, 9.17) is 5.11 Å². The van der Waals surface area contributed by atoms with Crippen molar-refractivity contribution in [3.05, 3.63) is 29.8 Å². The van der Waals surface area contributed by atoms with Crippen LogP contribution < -0.4 is 4.72 Å². The minimum Gasteiger partial charge on any atom is -0.481 e. The second-order valence-corrected chi connectivity index (χ2v) is 5.12. The quantitative estimate of drug-likeness (QED) is 0.799. The molecule has 0 unspecified atom stereocenters. The number of carboxylic acids is 1. The number of hydrogen-bond acceptors (Lipinski definition) is 3. The van der Waals surface area contributed by atoms with Crippen molar-refractivity contribution in [3.63, 3.8) is 0 Å². The summed E-state index contributed by atoms with van der Waals surface area (Å²) in [5.41, 5.74) is 0.834. The maximum atomic E-state index is 11.7. The lowest BCUT2D eigenvalue weighted by molar-refractivity contribution is -0.136. The van der Waals surface area contributed by atoms with Crippen LogP contribution in [0.25, 0.3) is 0 Å². The van der Waals surface area contributed by atoms with E-state index >= 15 is 0 Å². The summed E-state index contributed by atoms with van der Waals surface area (Å²) >= 11 is 0. The number of benzene rings is 1. The zero-order chi connectivity index (χ0) is 12.2. The lowest BCUT2D eigenvalue weighted by Crippen LogP contribution is -2.26. The summed E-state index contributed by atoms with van der Waals surface area (Å²) in [4.78, 5) is 10.4. The minimum absolute atomic E-state index is 0.106. The molecule has 0 saturated heterocycles. The Hall–Kier alpha value is -1.40. The van der Waals surface area contributed by atoms with Crippen molar-refractivity contribution in [2.75, 3.05) is 6.54 Å². The first-order chi connectivity index (χ1) is 7.42. The molecule has 1 rings (SSSR count). The van der Waals surface area contributed by atoms with Crippen molar-refractivity contribution in [2.24, 2.45) is 0 Å². The molecule has 0 atom stereocenters. The molecule has 0 aliphatic heterocycles. The van der Waals surface area contributed by atoms with Crippen LogP contribution in [-0.2, 0) is 14.8 Å². The SMILES string of the molecule is Cc1cccc(S(=O)(=O)NCCC(=O)O)c1. The number of carboxylic acid groups (broad SMARTS) is 1. The molecule has 16 heavy (non-hydrogen) atoms. The maximum absolute atomic E-state index is 11.7. The number of sulfonamides is 1. The highest BCUT2D eigenvalue weighted by Gasteiger charge is 2.13. The molecule has 0 bridgehead atoms. The number of aryl methyl sites for hydroxylation is 1. The van der Waals surface area contributed by atoms with Gasteiger partial charge in [-0.25, -0.2) is 13.1 Å². The molecular weight excluding hydrogens is 230 g/mol. The summed E-state index contributed by atoms with van der Waals surface area (Å²) in [6, 6.07) is 6.43. The molecule has 2 N–H and O–H groups in total. The Labute approximate surface area is 94.2 Å². The second-order valence-electron chi connectivity index (χ2n) is 3.36. The van der Waals surface area contributed by atoms with Gasteiger partial charge in [-0.15, -0.1) is 0 Å². The molecule has 0 aliphatic rings. The summed E-state index contributed by atoms with van der Waals surface area (Å²) in [7, 11) is -3.59. The van der Waals surface area contributed by atoms with E-state index in [0.29, 0.717) is 0 Å². The Morgan fingerprint density at radius 2 is 2.12 bits per heavy atom. The first-order valence-corrected chi connectivity index (χ1v) is 6.18. The van der Waals surface area contributed by atoms with Gasteiger partial charge in [-0.05, 0) is 24.6 Å². The van der Waals surface area contributed by atoms with Gasteiger partial charge in [0.15, 0.2) is 0 Å². The van der Waals surface area contributed by atoms with Crippen molar-refractivity contribution < 1.29 is 18.3 Å². The van der Waals surface area contributed by atoms with Gasteiger partial charge in [-0.2, -0.15) is 0 Å². The van der Waals surface area contributed by atoms with Crippen LogP contribution in [-0.4, -0.2) is 26.0 Å². The van der Waals surface area contributed by atoms with Crippen molar-refractivity contribution in [1.82, 2.24) is 4.72 Å². The maximum Gasteiger partial charge on any atom is 0.304 e. The molecule has 5 nitrogen and oxygen atoms in total. The number of hydrogen-bond donors (Lipinski definition) is 2. The Bertz CT molecular complexity index is 481. The lowest BCUT2D eigenvalue weighted by atomic mass is 10.2. The van der Waals surface area contributed by atoms with E-state index in [1.807, 2.05) is 0 Å². The van der Waals surface area contributed by atoms with Crippen molar-refractivity contribution in [1.29, 1.82) is 0 Å². The van der Waals surface area contributed by atoms with Crippen molar-refractivity contribution in [3.8, 4) is 0 Å². The number of rotatable bonds is 5. The first-order valence-electron chi connectivity index (χ1n) is 4.70. The summed E-state index contributed by atoms with van der Waals surface area (Å²) in [6.45, 7) is 1.68. The van der Waals surface area contributed by atoms with Gasteiger partial charge in [0, 0.05) is 6.54 Å². The molecular formula is C10H13NO4S. The van der Waals surface area contributed by atoms with E-state index in [1.54, 1.807) is 19.1 Å². The Morgan fingerprint density at radius 1 is 1.44 bits per heavy atom. The highest BCUT2D eigenvalue weighted by molar-refractivity contribution is 7.89. The van der Waals surface area contributed by atoms with Crippen LogP contribution >= 0.6 is 0 Å². The third kappa shape index (κ3) is 3.63. The molecule has 0 aliphatic carbocycles. The van der Waals surface area contributed by atoms with Crippen LogP contribution in [0.4, 0.5) is 0 Å². The van der Waals surface area contributed by atoms with E-state index in [9.17, 15) is 13.2 Å². The molecule has 1 aromatic carbocycles. The highest BCUT2D eigenvalue weighted by atomic mass is 32.2. The Balaban J connectivity index is 2.74. The molecule has 0 amide bonds. The third-order valence-electron chi connectivity index (χ3n) is 1.93. The molecule has 1 aromatic rings. The van der Waals surface area contributed by atoms with Crippen molar-refractivity contribution >= 4 is 16.0 Å². The zero-order valence-electron chi connectivity index (χ0n) is 8.80. The van der Waals surface area contributed by atoms with Crippen LogP contribution in [0.1, 0.15) is 12.0 Å². The van der Waals surface area contributed by atoms with E-state index in [2.05, 4.69) is 4.72 Å². The van der Waals surface area contributed by atoms with Gasteiger partial charge in [0.25, 0.3) is 0 Å². The van der Waals surface area contributed by atoms with E-state index in [1.165, 1.54) is 12.1 Å². The van der Waals surface area contributed by atoms with Gasteiger partial charge in [0.05, 0.1) is 11.3 Å². The lowest BCUT2D eigenvalue weighted by Gasteiger charge is -2.05.